The highest BCUT2D eigenvalue weighted by Gasteiger charge is 2.29. The van der Waals surface area contributed by atoms with Crippen molar-refractivity contribution in [3.05, 3.63) is 10.4 Å². The molecule has 1 aliphatic rings. The first-order valence-corrected chi connectivity index (χ1v) is 7.59. The summed E-state index contributed by atoms with van der Waals surface area (Å²) in [5, 5.41) is 10.1. The lowest BCUT2D eigenvalue weighted by atomic mass is 10.1. The molecule has 0 radical (unpaired) electrons. The molecule has 2 heterocycles. The van der Waals surface area contributed by atoms with Crippen molar-refractivity contribution >= 4 is 33.9 Å². The molecule has 116 valence electrons. The van der Waals surface area contributed by atoms with Crippen LogP contribution in [-0.4, -0.2) is 42.8 Å². The minimum absolute atomic E-state index is 0.0760. The number of aliphatic hydroxyl groups excluding tert-OH is 1. The van der Waals surface area contributed by atoms with Gasteiger partial charge in [-0.25, -0.2) is 4.79 Å². The highest BCUT2D eigenvalue weighted by Crippen LogP contribution is 2.39. The number of piperidine rings is 1. The molecule has 0 aliphatic carbocycles. The van der Waals surface area contributed by atoms with E-state index in [1.54, 1.807) is 6.92 Å². The number of thiophene rings is 1. The van der Waals surface area contributed by atoms with Gasteiger partial charge >= 0.3 is 5.97 Å². The van der Waals surface area contributed by atoms with E-state index in [0.29, 0.717) is 30.9 Å². The van der Waals surface area contributed by atoms with Crippen molar-refractivity contribution in [1.29, 1.82) is 0 Å². The third-order valence-electron chi connectivity index (χ3n) is 3.39. The van der Waals surface area contributed by atoms with E-state index < -0.39 is 11.9 Å². The second-order valence-corrected chi connectivity index (χ2v) is 5.83. The lowest BCUT2D eigenvalue weighted by molar-refractivity contribution is 0.0533. The van der Waals surface area contributed by atoms with Crippen molar-refractivity contribution in [2.75, 3.05) is 30.3 Å². The second-order valence-electron chi connectivity index (χ2n) is 4.83. The predicted molar refractivity (Wildman–Crippen MR) is 80.7 cm³/mol. The zero-order chi connectivity index (χ0) is 15.6. The molecule has 0 atom stereocenters. The number of esters is 1. The van der Waals surface area contributed by atoms with Gasteiger partial charge in [0.1, 0.15) is 9.88 Å². The molecular formula is C13H19N3O4S. The number of anilines is 2. The topological polar surface area (TPSA) is 119 Å². The molecule has 0 aromatic carbocycles. The first-order chi connectivity index (χ1) is 9.95. The lowest BCUT2D eigenvalue weighted by Crippen LogP contribution is -2.36. The summed E-state index contributed by atoms with van der Waals surface area (Å²) in [6.45, 7) is 3.10. The summed E-state index contributed by atoms with van der Waals surface area (Å²) in [4.78, 5) is 25.7. The van der Waals surface area contributed by atoms with Crippen LogP contribution in [0.15, 0.2) is 0 Å². The maximum absolute atomic E-state index is 11.9. The van der Waals surface area contributed by atoms with Crippen LogP contribution in [0.1, 0.15) is 39.8 Å². The van der Waals surface area contributed by atoms with Gasteiger partial charge in [-0.3, -0.25) is 4.79 Å². The van der Waals surface area contributed by atoms with Crippen LogP contribution in [0, 0.1) is 0 Å². The fraction of sp³-hybridized carbons (Fsp3) is 0.538. The van der Waals surface area contributed by atoms with Crippen molar-refractivity contribution in [3.63, 3.8) is 0 Å². The maximum Gasteiger partial charge on any atom is 0.350 e. The Hall–Kier alpha value is -1.80. The molecule has 1 aromatic heterocycles. The minimum atomic E-state index is -0.666. The van der Waals surface area contributed by atoms with Gasteiger partial charge in [-0.05, 0) is 19.8 Å². The fourth-order valence-electron chi connectivity index (χ4n) is 2.31. The molecule has 1 saturated heterocycles. The van der Waals surface area contributed by atoms with E-state index in [2.05, 4.69) is 0 Å². The molecule has 0 bridgehead atoms. The van der Waals surface area contributed by atoms with Crippen LogP contribution in [0.3, 0.4) is 0 Å². The van der Waals surface area contributed by atoms with Gasteiger partial charge in [-0.2, -0.15) is 0 Å². The number of rotatable bonds is 4. The third-order valence-corrected chi connectivity index (χ3v) is 4.63. The van der Waals surface area contributed by atoms with Crippen molar-refractivity contribution in [1.82, 2.24) is 0 Å². The first-order valence-electron chi connectivity index (χ1n) is 6.77. The standard InChI is InChI=1S/C13H19N3O4S/c1-2-20-13(19)10-9(14)8(11(15)18)12(21-10)16-5-3-7(17)4-6-16/h7,17H,2-6,14H2,1H3,(H2,15,18). The molecule has 0 saturated carbocycles. The summed E-state index contributed by atoms with van der Waals surface area (Å²) < 4.78 is 4.94. The minimum Gasteiger partial charge on any atom is -0.462 e. The van der Waals surface area contributed by atoms with Crippen LogP contribution >= 0.6 is 11.3 Å². The number of aliphatic hydroxyl groups is 1. The summed E-state index contributed by atoms with van der Waals surface area (Å²) in [5.74, 6) is -1.22. The largest absolute Gasteiger partial charge is 0.462 e. The highest BCUT2D eigenvalue weighted by atomic mass is 32.1. The van der Waals surface area contributed by atoms with Crippen LogP contribution in [0.5, 0.6) is 0 Å². The van der Waals surface area contributed by atoms with Gasteiger partial charge in [0, 0.05) is 13.1 Å². The number of primary amides is 1. The normalized spacial score (nSPS) is 16.0. The summed E-state index contributed by atoms with van der Waals surface area (Å²) >= 11 is 1.11. The molecule has 8 heteroatoms. The Morgan fingerprint density at radius 1 is 1.43 bits per heavy atom. The van der Waals surface area contributed by atoms with Crippen molar-refractivity contribution < 1.29 is 19.4 Å². The number of carbonyl (C=O) groups is 2. The van der Waals surface area contributed by atoms with Gasteiger partial charge in [0.2, 0.25) is 0 Å². The lowest BCUT2D eigenvalue weighted by Gasteiger charge is -2.30. The molecule has 5 N–H and O–H groups in total. The molecule has 0 spiro atoms. The average molecular weight is 313 g/mol. The van der Waals surface area contributed by atoms with Crippen LogP contribution in [0.4, 0.5) is 10.7 Å². The molecule has 1 amide bonds. The van der Waals surface area contributed by atoms with Crippen molar-refractivity contribution in [2.24, 2.45) is 5.73 Å². The van der Waals surface area contributed by atoms with Crippen LogP contribution < -0.4 is 16.4 Å². The van der Waals surface area contributed by atoms with E-state index in [9.17, 15) is 14.7 Å². The number of nitrogens with two attached hydrogens (primary N) is 2. The molecule has 21 heavy (non-hydrogen) atoms. The van der Waals surface area contributed by atoms with Crippen molar-refractivity contribution in [2.45, 2.75) is 25.9 Å². The summed E-state index contributed by atoms with van der Waals surface area (Å²) in [6.07, 6.45) is 0.871. The van der Waals surface area contributed by atoms with E-state index in [-0.39, 0.29) is 28.8 Å². The zero-order valence-electron chi connectivity index (χ0n) is 11.8. The van der Waals surface area contributed by atoms with E-state index in [0.717, 1.165) is 11.3 Å². The Balaban J connectivity index is 2.38. The highest BCUT2D eigenvalue weighted by molar-refractivity contribution is 7.19. The van der Waals surface area contributed by atoms with Gasteiger partial charge in [0.15, 0.2) is 0 Å². The monoisotopic (exact) mass is 313 g/mol. The van der Waals surface area contributed by atoms with Crippen LogP contribution in [0.2, 0.25) is 0 Å². The fourth-order valence-corrected chi connectivity index (χ4v) is 3.48. The van der Waals surface area contributed by atoms with Gasteiger partial charge in [-0.1, -0.05) is 0 Å². The molecule has 1 aromatic rings. The summed E-state index contributed by atoms with van der Waals surface area (Å²) in [6, 6.07) is 0. The van der Waals surface area contributed by atoms with E-state index >= 15 is 0 Å². The number of nitrogens with zero attached hydrogens (tertiary/aromatic N) is 1. The Labute approximate surface area is 126 Å². The van der Waals surface area contributed by atoms with Crippen LogP contribution in [-0.2, 0) is 4.74 Å². The second kappa shape index (κ2) is 6.31. The summed E-state index contributed by atoms with van der Waals surface area (Å²) in [7, 11) is 0. The van der Waals surface area contributed by atoms with E-state index in [1.807, 2.05) is 4.90 Å². The van der Waals surface area contributed by atoms with Crippen molar-refractivity contribution in [3.8, 4) is 0 Å². The zero-order valence-corrected chi connectivity index (χ0v) is 12.6. The SMILES string of the molecule is CCOC(=O)c1sc(N2CCC(O)CC2)c(C(N)=O)c1N. The number of amides is 1. The number of nitrogen functional groups attached to an aromatic ring is 1. The number of ether oxygens (including phenoxy) is 1. The summed E-state index contributed by atoms with van der Waals surface area (Å²) in [5.41, 5.74) is 11.5. The van der Waals surface area contributed by atoms with Gasteiger partial charge in [-0.15, -0.1) is 11.3 Å². The Kier molecular flexibility index (Phi) is 4.69. The molecule has 1 aliphatic heterocycles. The van der Waals surface area contributed by atoms with E-state index in [4.69, 9.17) is 16.2 Å². The molecule has 2 rings (SSSR count). The van der Waals surface area contributed by atoms with Gasteiger partial charge in [0.05, 0.1) is 24.0 Å². The Bertz CT molecular complexity index is 550. The third kappa shape index (κ3) is 3.11. The van der Waals surface area contributed by atoms with E-state index in [1.165, 1.54) is 0 Å². The number of hydrogen-bond acceptors (Lipinski definition) is 7. The predicted octanol–water partition coefficient (Wildman–Crippen LogP) is 0.567. The maximum atomic E-state index is 11.9. The number of hydrogen-bond donors (Lipinski definition) is 3. The average Bonchev–Trinajstić information content (AvgIpc) is 2.77. The molecule has 7 nitrogen and oxygen atoms in total. The van der Waals surface area contributed by atoms with Crippen LogP contribution in [0.25, 0.3) is 0 Å². The molecule has 1 fully saturated rings. The van der Waals surface area contributed by atoms with Gasteiger partial charge < -0.3 is 26.2 Å². The first kappa shape index (κ1) is 15.6. The van der Waals surface area contributed by atoms with Gasteiger partial charge in [0.25, 0.3) is 5.91 Å². The smallest absolute Gasteiger partial charge is 0.350 e. The molecule has 0 unspecified atom stereocenters. The Morgan fingerprint density at radius 3 is 2.57 bits per heavy atom. The quantitative estimate of drug-likeness (QED) is 0.699. The Morgan fingerprint density at radius 2 is 2.05 bits per heavy atom. The molecular weight excluding hydrogens is 294 g/mol. The number of carbonyl (C=O) groups excluding carboxylic acids is 2.